The molecule has 0 saturated carbocycles. The Morgan fingerprint density at radius 3 is 2.63 bits per heavy atom. The van der Waals surface area contributed by atoms with E-state index in [0.29, 0.717) is 10.6 Å². The number of carboxylic acids is 2. The lowest BCUT2D eigenvalue weighted by molar-refractivity contribution is -0.151. The highest BCUT2D eigenvalue weighted by Crippen LogP contribution is 2.45. The first-order valence-electron chi connectivity index (χ1n) is 12.1. The van der Waals surface area contributed by atoms with Crippen LogP contribution in [0.25, 0.3) is 5.65 Å². The van der Waals surface area contributed by atoms with Gasteiger partial charge in [-0.2, -0.15) is 14.7 Å². The maximum atomic E-state index is 13.1. The van der Waals surface area contributed by atoms with E-state index in [1.54, 1.807) is 6.07 Å². The number of phenolic OH excluding ortho intramolecular Hbond substituents is 1. The molecule has 15 nitrogen and oxygen atoms in total. The summed E-state index contributed by atoms with van der Waals surface area (Å²) in [5.74, 6) is -4.39. The Kier molecular flexibility index (Phi) is 7.74. The smallest absolute Gasteiger partial charge is 0.364 e. The maximum absolute atomic E-state index is 13.1. The predicted molar refractivity (Wildman–Crippen MR) is 143 cm³/mol. The highest BCUT2D eigenvalue weighted by atomic mass is 32.2. The van der Waals surface area contributed by atoms with E-state index in [2.05, 4.69) is 20.6 Å². The number of thioether (sulfide) groups is 2. The zero-order valence-corrected chi connectivity index (χ0v) is 22.5. The molecule has 2 aliphatic heterocycles. The van der Waals surface area contributed by atoms with Crippen molar-refractivity contribution in [3.05, 3.63) is 63.7 Å². The number of phenols is 1. The number of carboxylic acid groups (broad SMARTS) is 2. The van der Waals surface area contributed by atoms with Crippen LogP contribution in [0.5, 0.6) is 5.75 Å². The fourth-order valence-corrected chi connectivity index (χ4v) is 7.20. The van der Waals surface area contributed by atoms with E-state index in [1.807, 2.05) is 0 Å². The molecule has 6 N–H and O–H groups in total. The van der Waals surface area contributed by atoms with Crippen molar-refractivity contribution >= 4 is 52.9 Å². The molecule has 0 bridgehead atoms. The summed E-state index contributed by atoms with van der Waals surface area (Å²) in [5, 5.41) is 51.2. The van der Waals surface area contributed by atoms with Gasteiger partial charge in [0, 0.05) is 23.0 Å². The second kappa shape index (κ2) is 11.3. The number of β-lactam (4-membered cyclic amide) rings is 1. The average Bonchev–Trinajstić information content (AvgIpc) is 3.32. The van der Waals surface area contributed by atoms with Gasteiger partial charge in [0.2, 0.25) is 0 Å². The summed E-state index contributed by atoms with van der Waals surface area (Å²) in [6.07, 6.45) is -2.06. The molecule has 2 amide bonds. The van der Waals surface area contributed by atoms with E-state index in [0.717, 1.165) is 21.2 Å². The van der Waals surface area contributed by atoms with Gasteiger partial charge in [-0.3, -0.25) is 19.3 Å². The number of hydrogen-bond acceptors (Lipinski definition) is 11. The van der Waals surface area contributed by atoms with Gasteiger partial charge in [-0.25, -0.2) is 14.7 Å². The summed E-state index contributed by atoms with van der Waals surface area (Å²) in [4.78, 5) is 62.6. The van der Waals surface area contributed by atoms with Crippen LogP contribution < -0.4 is 11.0 Å². The molecule has 2 aliphatic rings. The number of aromatic amines is 1. The van der Waals surface area contributed by atoms with E-state index in [4.69, 9.17) is 0 Å². The summed E-state index contributed by atoms with van der Waals surface area (Å²) in [5.41, 5.74) is -0.414. The number of aliphatic hydroxyl groups is 1. The number of para-hydroxylation sites is 1. The number of nitrogens with one attached hydrogen (secondary N) is 2. The number of amides is 2. The summed E-state index contributed by atoms with van der Waals surface area (Å²) in [6, 6.07) is 7.63. The normalized spacial score (nSPS) is 19.8. The van der Waals surface area contributed by atoms with Crippen LogP contribution in [-0.2, 0) is 19.2 Å². The molecule has 1 fully saturated rings. The lowest BCUT2D eigenvalue weighted by atomic mass is 9.99. The Morgan fingerprint density at radius 1 is 1.17 bits per heavy atom. The minimum atomic E-state index is -1.76. The van der Waals surface area contributed by atoms with Crippen molar-refractivity contribution in [1.29, 1.82) is 0 Å². The largest absolute Gasteiger partial charge is 0.508 e. The summed E-state index contributed by atoms with van der Waals surface area (Å²) in [6.45, 7) is 0. The van der Waals surface area contributed by atoms with Crippen LogP contribution in [0.1, 0.15) is 24.5 Å². The second-order valence-corrected chi connectivity index (χ2v) is 11.4. The van der Waals surface area contributed by atoms with Crippen LogP contribution in [0, 0.1) is 0 Å². The lowest BCUT2D eigenvalue weighted by Gasteiger charge is -2.50. The molecule has 1 saturated heterocycles. The zero-order valence-electron chi connectivity index (χ0n) is 20.8. The van der Waals surface area contributed by atoms with Crippen LogP contribution in [0.3, 0.4) is 0 Å². The molecule has 214 valence electrons. The minimum absolute atomic E-state index is 0.00625. The average molecular weight is 603 g/mol. The number of aromatic nitrogens is 4. The Hall–Kier alpha value is -4.35. The number of nitrogens with zero attached hydrogens (tertiary/aromatic N) is 4. The molecule has 17 heteroatoms. The molecule has 0 aliphatic carbocycles. The van der Waals surface area contributed by atoms with Gasteiger partial charge >= 0.3 is 17.6 Å². The van der Waals surface area contributed by atoms with Crippen LogP contribution in [0.4, 0.5) is 0 Å². The van der Waals surface area contributed by atoms with Crippen LogP contribution in [-0.4, -0.2) is 91.3 Å². The molecule has 1 aromatic carbocycles. The standard InChI is InChI=1S/C24H22N6O9S2/c31-12-4-2-1-3-10(12)19(34)20(35)25-17-21(36)29-18(23(37)38)11(9-40-22(17)29)13(5-8-16(32)33)41-15-7-6-14-26-27-24(39)30(14)28-15/h1-4,6-7,13,17,19,22,31,34H,5,8-9H2,(H,25,35)(H,27,39)(H,32,33)(H,37,38)/t13?,17?,19-,22-/m1/s1. The fraction of sp³-hybridized carbons (Fsp3) is 0.292. The van der Waals surface area contributed by atoms with E-state index in [9.17, 15) is 44.4 Å². The number of aliphatic hydroxyl groups excluding tert-OH is 1. The summed E-state index contributed by atoms with van der Waals surface area (Å²) < 4.78 is 1.02. The van der Waals surface area contributed by atoms with Gasteiger partial charge in [0.1, 0.15) is 27.9 Å². The quantitative estimate of drug-likeness (QED) is 0.132. The molecule has 0 spiro atoms. The van der Waals surface area contributed by atoms with Crippen molar-refractivity contribution < 1.29 is 39.6 Å². The van der Waals surface area contributed by atoms with Crippen molar-refractivity contribution in [3.63, 3.8) is 0 Å². The number of fused-ring (bicyclic) bond motifs is 2. The van der Waals surface area contributed by atoms with Crippen LogP contribution in [0.15, 0.2) is 57.5 Å². The first-order chi connectivity index (χ1) is 19.6. The number of benzene rings is 1. The molecule has 4 heterocycles. The molecule has 3 aromatic rings. The second-order valence-electron chi connectivity index (χ2n) is 9.05. The molecule has 0 radical (unpaired) electrons. The van der Waals surface area contributed by atoms with E-state index >= 15 is 0 Å². The monoisotopic (exact) mass is 602 g/mol. The molecule has 2 unspecified atom stereocenters. The van der Waals surface area contributed by atoms with Gasteiger partial charge in [-0.1, -0.05) is 30.0 Å². The van der Waals surface area contributed by atoms with E-state index in [-0.39, 0.29) is 41.3 Å². The number of carbonyl (C=O) groups is 4. The van der Waals surface area contributed by atoms with Crippen LogP contribution >= 0.6 is 23.5 Å². The summed E-state index contributed by atoms with van der Waals surface area (Å²) in [7, 11) is 0. The Labute approximate surface area is 238 Å². The fourth-order valence-electron chi connectivity index (χ4n) is 4.54. The van der Waals surface area contributed by atoms with Gasteiger partial charge in [-0.15, -0.1) is 11.8 Å². The zero-order chi connectivity index (χ0) is 29.4. The van der Waals surface area contributed by atoms with Crippen molar-refractivity contribution in [2.24, 2.45) is 0 Å². The third-order valence-electron chi connectivity index (χ3n) is 6.50. The van der Waals surface area contributed by atoms with Gasteiger partial charge in [0.15, 0.2) is 11.8 Å². The molecular formula is C24H22N6O9S2. The summed E-state index contributed by atoms with van der Waals surface area (Å²) >= 11 is 2.23. The van der Waals surface area contributed by atoms with E-state index < -0.39 is 52.2 Å². The number of carbonyl (C=O) groups excluding carboxylic acids is 2. The Balaban J connectivity index is 1.40. The number of aromatic hydroxyl groups is 1. The van der Waals surface area contributed by atoms with E-state index in [1.165, 1.54) is 42.1 Å². The Morgan fingerprint density at radius 2 is 1.93 bits per heavy atom. The minimum Gasteiger partial charge on any atom is -0.508 e. The molecular weight excluding hydrogens is 580 g/mol. The van der Waals surface area contributed by atoms with Gasteiger partial charge in [0.25, 0.3) is 11.8 Å². The third-order valence-corrected chi connectivity index (χ3v) is 9.07. The maximum Gasteiger partial charge on any atom is 0.364 e. The van der Waals surface area contributed by atoms with Crippen molar-refractivity contribution in [1.82, 2.24) is 30.0 Å². The van der Waals surface area contributed by atoms with Gasteiger partial charge in [0.05, 0.1) is 0 Å². The SMILES string of the molecule is O=C(O)CCC(Sc1ccc2n[nH]c(=O)n2n1)C1=C(C(=O)O)N2C(=O)C(NC(=O)[C@H](O)c3ccccc3O)[C@H]2SC1. The van der Waals surface area contributed by atoms with Crippen molar-refractivity contribution in [3.8, 4) is 5.75 Å². The van der Waals surface area contributed by atoms with Crippen LogP contribution in [0.2, 0.25) is 0 Å². The Bertz CT molecular complexity index is 1650. The number of aliphatic carboxylic acids is 2. The predicted octanol–water partition coefficient (Wildman–Crippen LogP) is -0.0791. The third kappa shape index (κ3) is 5.38. The first kappa shape index (κ1) is 28.2. The van der Waals surface area contributed by atoms with Gasteiger partial charge in [-0.05, 0) is 30.2 Å². The molecule has 5 rings (SSSR count). The van der Waals surface area contributed by atoms with Crippen molar-refractivity contribution in [2.75, 3.05) is 5.75 Å². The first-order valence-corrected chi connectivity index (χ1v) is 14.0. The highest BCUT2D eigenvalue weighted by molar-refractivity contribution is 8.01. The van der Waals surface area contributed by atoms with Crippen molar-refractivity contribution in [2.45, 2.75) is 40.6 Å². The van der Waals surface area contributed by atoms with Gasteiger partial charge < -0.3 is 25.7 Å². The number of hydrogen-bond donors (Lipinski definition) is 6. The number of H-pyrrole nitrogens is 1. The highest BCUT2D eigenvalue weighted by Gasteiger charge is 2.55. The lowest BCUT2D eigenvalue weighted by Crippen LogP contribution is -2.71. The molecule has 2 aromatic heterocycles. The topological polar surface area (TPSA) is 228 Å². The molecule has 4 atom stereocenters. The number of rotatable bonds is 10. The molecule has 41 heavy (non-hydrogen) atoms.